The van der Waals surface area contributed by atoms with Crippen LogP contribution in [0.15, 0.2) is 48.7 Å². The molecule has 5 N–H and O–H groups in total. The first-order chi connectivity index (χ1) is 13.8. The fourth-order valence-electron chi connectivity index (χ4n) is 2.81. The number of carbonyl (C=O) groups excluding carboxylic acids is 1. The quantitative estimate of drug-likeness (QED) is 0.376. The third kappa shape index (κ3) is 4.29. The first kappa shape index (κ1) is 19.7. The monoisotopic (exact) mass is 395 g/mol. The van der Waals surface area contributed by atoms with E-state index in [9.17, 15) is 14.0 Å². The number of carboxylic acid groups (broad SMARTS) is 1. The van der Waals surface area contributed by atoms with E-state index in [-0.39, 0.29) is 11.5 Å². The maximum Gasteiger partial charge on any atom is 0.323 e. The first-order valence-electron chi connectivity index (χ1n) is 8.56. The number of H-pyrrole nitrogens is 1. The zero-order chi connectivity index (χ0) is 21.1. The summed E-state index contributed by atoms with van der Waals surface area (Å²) in [6, 6.07) is 11.1. The topological polar surface area (TPSA) is 136 Å². The van der Waals surface area contributed by atoms with E-state index in [1.54, 1.807) is 36.5 Å². The van der Waals surface area contributed by atoms with Crippen molar-refractivity contribution in [2.24, 2.45) is 5.73 Å². The molecule has 0 saturated carbocycles. The van der Waals surface area contributed by atoms with Crippen LogP contribution in [0.1, 0.15) is 12.5 Å². The van der Waals surface area contributed by atoms with Crippen molar-refractivity contribution in [2.75, 3.05) is 11.4 Å². The molecular weight excluding hydrogens is 377 g/mol. The predicted molar refractivity (Wildman–Crippen MR) is 106 cm³/mol. The molecule has 0 aliphatic rings. The van der Waals surface area contributed by atoms with Gasteiger partial charge in [0.15, 0.2) is 0 Å². The highest BCUT2D eigenvalue weighted by Crippen LogP contribution is 2.27. The van der Waals surface area contributed by atoms with E-state index in [0.717, 1.165) is 10.5 Å². The number of aromatic nitrogens is 2. The number of hydrogen-bond acceptors (Lipinski definition) is 4. The molecule has 9 heteroatoms. The standard InChI is InChI=1S/C20H18FN5O3/c1-11(27)26(10-18(28)29)17-7-6-14(8-15(17)21)20-24-9-16(25-20)12-2-4-13(5-3-12)19(22)23/h2-9H,10H2,1H3,(H3,22,23)(H,24,25)(H,28,29). The fraction of sp³-hybridized carbons (Fsp3) is 0.100. The van der Waals surface area contributed by atoms with Gasteiger partial charge in [0, 0.05) is 29.8 Å². The molecule has 2 aromatic carbocycles. The normalized spacial score (nSPS) is 10.6. The van der Waals surface area contributed by atoms with E-state index in [4.69, 9.17) is 16.2 Å². The Labute approximate surface area is 165 Å². The van der Waals surface area contributed by atoms with Crippen LogP contribution in [0.2, 0.25) is 0 Å². The van der Waals surface area contributed by atoms with Crippen LogP contribution in [0, 0.1) is 11.2 Å². The van der Waals surface area contributed by atoms with Gasteiger partial charge in [-0.2, -0.15) is 0 Å². The number of nitrogens with zero attached hydrogens (tertiary/aromatic N) is 2. The summed E-state index contributed by atoms with van der Waals surface area (Å²) in [6.07, 6.45) is 1.66. The molecule has 0 unspecified atom stereocenters. The van der Waals surface area contributed by atoms with Gasteiger partial charge < -0.3 is 15.8 Å². The number of aromatic amines is 1. The van der Waals surface area contributed by atoms with Gasteiger partial charge in [0.2, 0.25) is 5.91 Å². The average Bonchev–Trinajstić information content (AvgIpc) is 3.16. The Bertz CT molecular complexity index is 1090. The van der Waals surface area contributed by atoms with E-state index in [1.807, 2.05) is 0 Å². The van der Waals surface area contributed by atoms with Crippen molar-refractivity contribution in [3.63, 3.8) is 0 Å². The smallest absolute Gasteiger partial charge is 0.323 e. The van der Waals surface area contributed by atoms with Gasteiger partial charge in [-0.25, -0.2) is 9.37 Å². The zero-order valence-electron chi connectivity index (χ0n) is 15.4. The van der Waals surface area contributed by atoms with Crippen molar-refractivity contribution in [3.05, 3.63) is 60.0 Å². The molecule has 3 rings (SSSR count). The van der Waals surface area contributed by atoms with Crippen molar-refractivity contribution in [3.8, 4) is 22.6 Å². The number of amides is 1. The Morgan fingerprint density at radius 3 is 2.41 bits per heavy atom. The van der Waals surface area contributed by atoms with Gasteiger partial charge in [0.05, 0.1) is 11.4 Å². The summed E-state index contributed by atoms with van der Waals surface area (Å²) in [5.74, 6) is -2.17. The van der Waals surface area contributed by atoms with Crippen molar-refractivity contribution >= 4 is 23.4 Å². The number of aliphatic carboxylic acids is 1. The summed E-state index contributed by atoms with van der Waals surface area (Å²) >= 11 is 0. The number of rotatable bonds is 6. The van der Waals surface area contributed by atoms with E-state index in [0.29, 0.717) is 22.6 Å². The first-order valence-corrected chi connectivity index (χ1v) is 8.56. The fourth-order valence-corrected chi connectivity index (χ4v) is 2.81. The number of nitrogens with one attached hydrogen (secondary N) is 2. The predicted octanol–water partition coefficient (Wildman–Crippen LogP) is 2.60. The molecule has 8 nitrogen and oxygen atoms in total. The molecule has 1 amide bonds. The number of anilines is 1. The zero-order valence-corrected chi connectivity index (χ0v) is 15.4. The Balaban J connectivity index is 1.88. The van der Waals surface area contributed by atoms with Crippen LogP contribution in [-0.2, 0) is 9.59 Å². The van der Waals surface area contributed by atoms with Crippen molar-refractivity contribution in [1.82, 2.24) is 9.97 Å². The lowest BCUT2D eigenvalue weighted by molar-refractivity contribution is -0.136. The minimum Gasteiger partial charge on any atom is -0.480 e. The number of benzene rings is 2. The van der Waals surface area contributed by atoms with Crippen LogP contribution in [0.3, 0.4) is 0 Å². The lowest BCUT2D eigenvalue weighted by Crippen LogP contribution is -2.34. The molecular formula is C20H18FN5O3. The van der Waals surface area contributed by atoms with Gasteiger partial charge in [-0.3, -0.25) is 19.9 Å². The van der Waals surface area contributed by atoms with Crippen LogP contribution in [-0.4, -0.2) is 39.3 Å². The van der Waals surface area contributed by atoms with Gasteiger partial charge in [-0.05, 0) is 18.2 Å². The third-order valence-electron chi connectivity index (χ3n) is 4.25. The second-order valence-electron chi connectivity index (χ2n) is 6.29. The Kier molecular flexibility index (Phi) is 5.40. The largest absolute Gasteiger partial charge is 0.480 e. The van der Waals surface area contributed by atoms with E-state index >= 15 is 0 Å². The second kappa shape index (κ2) is 7.93. The lowest BCUT2D eigenvalue weighted by Gasteiger charge is -2.19. The Morgan fingerprint density at radius 1 is 1.21 bits per heavy atom. The summed E-state index contributed by atoms with van der Waals surface area (Å²) in [5, 5.41) is 16.3. The van der Waals surface area contributed by atoms with E-state index in [2.05, 4.69) is 9.97 Å². The second-order valence-corrected chi connectivity index (χ2v) is 6.29. The maximum absolute atomic E-state index is 14.6. The van der Waals surface area contributed by atoms with Crippen LogP contribution < -0.4 is 10.6 Å². The number of carboxylic acids is 1. The molecule has 1 heterocycles. The molecule has 29 heavy (non-hydrogen) atoms. The average molecular weight is 395 g/mol. The minimum atomic E-state index is -1.24. The van der Waals surface area contributed by atoms with Crippen molar-refractivity contribution in [1.29, 1.82) is 5.41 Å². The number of amidine groups is 1. The molecule has 0 atom stereocenters. The maximum atomic E-state index is 14.6. The molecule has 0 fully saturated rings. The number of halogens is 1. The van der Waals surface area contributed by atoms with Crippen LogP contribution >= 0.6 is 0 Å². The molecule has 0 saturated heterocycles. The van der Waals surface area contributed by atoms with Crippen molar-refractivity contribution < 1.29 is 19.1 Å². The molecule has 0 bridgehead atoms. The van der Waals surface area contributed by atoms with Crippen molar-refractivity contribution in [2.45, 2.75) is 6.92 Å². The molecule has 148 valence electrons. The number of nitrogens with two attached hydrogens (primary N) is 1. The van der Waals surface area contributed by atoms with Gasteiger partial charge in [-0.1, -0.05) is 24.3 Å². The highest BCUT2D eigenvalue weighted by atomic mass is 19.1. The Morgan fingerprint density at radius 2 is 1.86 bits per heavy atom. The Hall–Kier alpha value is -4.01. The molecule has 0 aliphatic heterocycles. The molecule has 0 aliphatic carbocycles. The SMILES string of the molecule is CC(=O)N(CC(=O)O)c1ccc(-c2nc(-c3ccc(C(=N)N)cc3)c[nH]2)cc1F. The van der Waals surface area contributed by atoms with Gasteiger partial charge in [0.25, 0.3) is 0 Å². The number of carbonyl (C=O) groups is 2. The molecule has 0 spiro atoms. The summed E-state index contributed by atoms with van der Waals surface area (Å²) in [4.78, 5) is 30.9. The van der Waals surface area contributed by atoms with Gasteiger partial charge >= 0.3 is 5.97 Å². The summed E-state index contributed by atoms with van der Waals surface area (Å²) in [6.45, 7) is 0.541. The van der Waals surface area contributed by atoms with Gasteiger partial charge in [0.1, 0.15) is 24.0 Å². The molecule has 0 radical (unpaired) electrons. The number of nitrogen functional groups attached to an aromatic ring is 1. The van der Waals surface area contributed by atoms with E-state index < -0.39 is 24.2 Å². The lowest BCUT2D eigenvalue weighted by atomic mass is 10.1. The minimum absolute atomic E-state index is 0.0302. The molecule has 3 aromatic rings. The summed E-state index contributed by atoms with van der Waals surface area (Å²) in [5.41, 5.74) is 7.78. The highest BCUT2D eigenvalue weighted by Gasteiger charge is 2.19. The summed E-state index contributed by atoms with van der Waals surface area (Å²) in [7, 11) is 0. The highest BCUT2D eigenvalue weighted by molar-refractivity contribution is 5.96. The third-order valence-corrected chi connectivity index (χ3v) is 4.25. The van der Waals surface area contributed by atoms with Crippen LogP contribution in [0.4, 0.5) is 10.1 Å². The van der Waals surface area contributed by atoms with Crippen LogP contribution in [0.5, 0.6) is 0 Å². The van der Waals surface area contributed by atoms with Crippen LogP contribution in [0.25, 0.3) is 22.6 Å². The number of hydrogen-bond donors (Lipinski definition) is 4. The van der Waals surface area contributed by atoms with E-state index in [1.165, 1.54) is 19.1 Å². The number of imidazole rings is 1. The summed E-state index contributed by atoms with van der Waals surface area (Å²) < 4.78 is 14.6. The van der Waals surface area contributed by atoms with Gasteiger partial charge in [-0.15, -0.1) is 0 Å². The molecule has 1 aromatic heterocycles.